The van der Waals surface area contributed by atoms with E-state index in [0.29, 0.717) is 16.9 Å². The summed E-state index contributed by atoms with van der Waals surface area (Å²) >= 11 is 0. The summed E-state index contributed by atoms with van der Waals surface area (Å²) in [7, 11) is 0. The zero-order valence-corrected chi connectivity index (χ0v) is 12.7. The maximum Gasteiger partial charge on any atom is 0.343 e. The van der Waals surface area contributed by atoms with Crippen LogP contribution in [0.1, 0.15) is 44.3 Å². The molecule has 3 heteroatoms. The van der Waals surface area contributed by atoms with Crippen molar-refractivity contribution < 1.29 is 14.3 Å². The van der Waals surface area contributed by atoms with E-state index < -0.39 is 5.97 Å². The number of aryl methyl sites for hydroxylation is 3. The summed E-state index contributed by atoms with van der Waals surface area (Å²) in [6.45, 7) is 7.16. The summed E-state index contributed by atoms with van der Waals surface area (Å²) < 4.78 is 5.46. The molecule has 0 radical (unpaired) electrons. The van der Waals surface area contributed by atoms with Crippen molar-refractivity contribution >= 4 is 11.8 Å². The molecule has 3 nitrogen and oxygen atoms in total. The van der Waals surface area contributed by atoms with Crippen molar-refractivity contribution in [2.45, 2.75) is 27.7 Å². The fourth-order valence-electron chi connectivity index (χ4n) is 2.19. The maximum absolute atomic E-state index is 12.2. The number of hydrogen-bond acceptors (Lipinski definition) is 3. The van der Waals surface area contributed by atoms with E-state index in [1.54, 1.807) is 18.2 Å². The largest absolute Gasteiger partial charge is 0.422 e. The molecule has 0 aliphatic heterocycles. The minimum absolute atomic E-state index is 0.117. The van der Waals surface area contributed by atoms with Crippen molar-refractivity contribution in [1.82, 2.24) is 0 Å². The first kappa shape index (κ1) is 15.0. The molecule has 0 aromatic heterocycles. The van der Waals surface area contributed by atoms with Crippen molar-refractivity contribution in [3.8, 4) is 5.75 Å². The van der Waals surface area contributed by atoms with Gasteiger partial charge in [-0.3, -0.25) is 4.79 Å². The lowest BCUT2D eigenvalue weighted by Crippen LogP contribution is -2.12. The fraction of sp³-hybridized carbons (Fsp3) is 0.222. The van der Waals surface area contributed by atoms with E-state index in [1.165, 1.54) is 6.92 Å². The molecule has 0 unspecified atom stereocenters. The molecule has 0 bridgehead atoms. The van der Waals surface area contributed by atoms with Gasteiger partial charge in [0.1, 0.15) is 5.75 Å². The van der Waals surface area contributed by atoms with Gasteiger partial charge in [0.25, 0.3) is 0 Å². The van der Waals surface area contributed by atoms with Gasteiger partial charge in [-0.1, -0.05) is 23.8 Å². The number of hydrogen-bond donors (Lipinski definition) is 0. The van der Waals surface area contributed by atoms with Crippen LogP contribution in [-0.4, -0.2) is 11.8 Å². The molecule has 0 amide bonds. The molecule has 2 aromatic carbocycles. The SMILES string of the molecule is CC(=O)c1cc(C)cc(C)c1OC(=O)c1ccc(C)cc1. The van der Waals surface area contributed by atoms with Crippen LogP contribution in [0, 0.1) is 20.8 Å². The molecule has 0 N–H and O–H groups in total. The molecule has 0 aliphatic carbocycles. The van der Waals surface area contributed by atoms with Gasteiger partial charge in [0.05, 0.1) is 11.1 Å². The Labute approximate surface area is 124 Å². The molecule has 108 valence electrons. The molecular weight excluding hydrogens is 264 g/mol. The summed E-state index contributed by atoms with van der Waals surface area (Å²) in [6.07, 6.45) is 0. The van der Waals surface area contributed by atoms with Crippen LogP contribution >= 0.6 is 0 Å². The Balaban J connectivity index is 2.37. The highest BCUT2D eigenvalue weighted by Gasteiger charge is 2.17. The molecule has 0 saturated heterocycles. The Morgan fingerprint density at radius 1 is 0.905 bits per heavy atom. The van der Waals surface area contributed by atoms with Gasteiger partial charge >= 0.3 is 5.97 Å². The number of benzene rings is 2. The Bertz CT molecular complexity index is 697. The second-order valence-electron chi connectivity index (χ2n) is 5.27. The number of ether oxygens (including phenoxy) is 1. The van der Waals surface area contributed by atoms with Crippen molar-refractivity contribution in [2.24, 2.45) is 0 Å². The number of ketones is 1. The van der Waals surface area contributed by atoms with Gasteiger partial charge in [0.15, 0.2) is 5.78 Å². The van der Waals surface area contributed by atoms with Crippen LogP contribution < -0.4 is 4.74 Å². The van der Waals surface area contributed by atoms with Crippen molar-refractivity contribution in [3.63, 3.8) is 0 Å². The molecule has 2 rings (SSSR count). The zero-order chi connectivity index (χ0) is 15.6. The molecule has 0 heterocycles. The number of Topliss-reactive ketones (excluding diaryl/α,β-unsaturated/α-hetero) is 1. The number of esters is 1. The van der Waals surface area contributed by atoms with Crippen LogP contribution in [0.25, 0.3) is 0 Å². The third-order valence-corrected chi connectivity index (χ3v) is 3.28. The maximum atomic E-state index is 12.2. The smallest absolute Gasteiger partial charge is 0.343 e. The first-order chi connectivity index (χ1) is 9.88. The monoisotopic (exact) mass is 282 g/mol. The average Bonchev–Trinajstić information content (AvgIpc) is 2.41. The van der Waals surface area contributed by atoms with Gasteiger partial charge in [-0.05, 0) is 57.0 Å². The molecule has 0 atom stereocenters. The molecule has 0 spiro atoms. The van der Waals surface area contributed by atoms with E-state index in [-0.39, 0.29) is 5.78 Å². The number of rotatable bonds is 3. The average molecular weight is 282 g/mol. The fourth-order valence-corrected chi connectivity index (χ4v) is 2.19. The predicted octanol–water partition coefficient (Wildman–Crippen LogP) is 4.03. The molecular formula is C18H18O3. The van der Waals surface area contributed by atoms with Crippen LogP contribution in [0.5, 0.6) is 5.75 Å². The van der Waals surface area contributed by atoms with E-state index >= 15 is 0 Å². The van der Waals surface area contributed by atoms with E-state index in [9.17, 15) is 9.59 Å². The zero-order valence-electron chi connectivity index (χ0n) is 12.7. The Morgan fingerprint density at radius 2 is 1.52 bits per heavy atom. The first-order valence-corrected chi connectivity index (χ1v) is 6.79. The standard InChI is InChI=1S/C18H18O3/c1-11-5-7-15(8-6-11)18(20)21-17-13(3)9-12(2)10-16(17)14(4)19/h5-10H,1-4H3. The highest BCUT2D eigenvalue weighted by molar-refractivity contribution is 5.99. The van der Waals surface area contributed by atoms with Crippen molar-refractivity contribution in [1.29, 1.82) is 0 Å². The van der Waals surface area contributed by atoms with Crippen LogP contribution in [0.2, 0.25) is 0 Å². The predicted molar refractivity (Wildman–Crippen MR) is 82.1 cm³/mol. The minimum Gasteiger partial charge on any atom is -0.422 e. The lowest BCUT2D eigenvalue weighted by Gasteiger charge is -2.12. The van der Waals surface area contributed by atoms with E-state index in [2.05, 4.69) is 0 Å². The third-order valence-electron chi connectivity index (χ3n) is 3.28. The highest BCUT2D eigenvalue weighted by atomic mass is 16.5. The van der Waals surface area contributed by atoms with Crippen LogP contribution in [0.15, 0.2) is 36.4 Å². The lowest BCUT2D eigenvalue weighted by molar-refractivity contribution is 0.0731. The second-order valence-corrected chi connectivity index (χ2v) is 5.27. The Kier molecular flexibility index (Phi) is 4.22. The topological polar surface area (TPSA) is 43.4 Å². The molecule has 2 aromatic rings. The minimum atomic E-state index is -0.454. The van der Waals surface area contributed by atoms with E-state index in [0.717, 1.165) is 16.7 Å². The summed E-state index contributed by atoms with van der Waals surface area (Å²) in [4.78, 5) is 23.9. The molecule has 0 aliphatic rings. The summed E-state index contributed by atoms with van der Waals surface area (Å²) in [6, 6.07) is 10.8. The van der Waals surface area contributed by atoms with E-state index in [4.69, 9.17) is 4.74 Å². The van der Waals surface area contributed by atoms with Gasteiger partial charge in [-0.15, -0.1) is 0 Å². The van der Waals surface area contributed by atoms with Crippen molar-refractivity contribution in [2.75, 3.05) is 0 Å². The highest BCUT2D eigenvalue weighted by Crippen LogP contribution is 2.26. The molecule has 21 heavy (non-hydrogen) atoms. The van der Waals surface area contributed by atoms with Crippen LogP contribution in [0.4, 0.5) is 0 Å². The van der Waals surface area contributed by atoms with Gasteiger partial charge in [0.2, 0.25) is 0 Å². The molecule has 0 fully saturated rings. The summed E-state index contributed by atoms with van der Waals surface area (Å²) in [5.74, 6) is -0.225. The van der Waals surface area contributed by atoms with Gasteiger partial charge in [-0.2, -0.15) is 0 Å². The second kappa shape index (κ2) is 5.92. The van der Waals surface area contributed by atoms with Crippen LogP contribution in [-0.2, 0) is 0 Å². The normalized spacial score (nSPS) is 10.3. The first-order valence-electron chi connectivity index (χ1n) is 6.79. The quantitative estimate of drug-likeness (QED) is 0.485. The molecule has 0 saturated carbocycles. The Morgan fingerprint density at radius 3 is 2.10 bits per heavy atom. The van der Waals surface area contributed by atoms with Crippen molar-refractivity contribution in [3.05, 3.63) is 64.2 Å². The van der Waals surface area contributed by atoms with E-state index in [1.807, 2.05) is 39.0 Å². The summed E-state index contributed by atoms with van der Waals surface area (Å²) in [5, 5.41) is 0. The number of carbonyl (C=O) groups excluding carboxylic acids is 2. The number of carbonyl (C=O) groups is 2. The third kappa shape index (κ3) is 3.37. The van der Waals surface area contributed by atoms with Gasteiger partial charge in [0, 0.05) is 0 Å². The Hall–Kier alpha value is -2.42. The van der Waals surface area contributed by atoms with Gasteiger partial charge in [-0.25, -0.2) is 4.79 Å². The van der Waals surface area contributed by atoms with Gasteiger partial charge < -0.3 is 4.74 Å². The van der Waals surface area contributed by atoms with Crippen LogP contribution in [0.3, 0.4) is 0 Å². The lowest BCUT2D eigenvalue weighted by atomic mass is 10.0. The summed E-state index contributed by atoms with van der Waals surface area (Å²) in [5.41, 5.74) is 3.72.